The number of hydrogen-bond donors (Lipinski definition) is 2. The number of aliphatic hydroxyl groups excluding tert-OH is 1. The summed E-state index contributed by atoms with van der Waals surface area (Å²) in [4.78, 5) is 11.2. The zero-order valence-electron chi connectivity index (χ0n) is 12.0. The number of ether oxygens (including phenoxy) is 2. The maximum absolute atomic E-state index is 11.2. The fourth-order valence-electron chi connectivity index (χ4n) is 1.45. The Morgan fingerprint density at radius 3 is 1.78 bits per heavy atom. The van der Waals surface area contributed by atoms with Gasteiger partial charge in [-0.2, -0.15) is 0 Å². The van der Waals surface area contributed by atoms with Crippen molar-refractivity contribution in [1.29, 1.82) is 0 Å². The molecule has 0 unspecified atom stereocenters. The van der Waals surface area contributed by atoms with Crippen LogP contribution in [0.25, 0.3) is 0 Å². The number of alkyl halides is 6. The highest BCUT2D eigenvalue weighted by Crippen LogP contribution is 2.30. The van der Waals surface area contributed by atoms with Gasteiger partial charge in [0.15, 0.2) is 6.29 Å². The minimum atomic E-state index is -1.67. The van der Waals surface area contributed by atoms with Gasteiger partial charge in [0.25, 0.3) is 0 Å². The first-order valence-electron chi connectivity index (χ1n) is 6.25. The molecule has 0 saturated carbocycles. The molecule has 0 aliphatic heterocycles. The molecule has 11 heteroatoms. The molecule has 0 saturated heterocycles. The topological polar surface area (TPSA) is 76.0 Å². The molecule has 0 aromatic heterocycles. The number of hydrogen-bond acceptors (Lipinski definition) is 4. The SMILES string of the molecule is CC(CO)=C(CCC(OCC(Cl)(Cl)Cl)OCC(Cl)(Cl)Cl)C(=O)O. The Morgan fingerprint density at radius 2 is 1.48 bits per heavy atom. The Kier molecular flexibility index (Phi) is 11.1. The van der Waals surface area contributed by atoms with Crippen molar-refractivity contribution in [2.45, 2.75) is 33.6 Å². The van der Waals surface area contributed by atoms with Gasteiger partial charge in [0, 0.05) is 12.0 Å². The summed E-state index contributed by atoms with van der Waals surface area (Å²) < 4.78 is 7.20. The minimum Gasteiger partial charge on any atom is -0.478 e. The number of carbonyl (C=O) groups is 1. The van der Waals surface area contributed by atoms with Gasteiger partial charge in [-0.15, -0.1) is 0 Å². The van der Waals surface area contributed by atoms with Crippen LogP contribution in [-0.4, -0.2) is 49.9 Å². The monoisotopic (exact) mass is 450 g/mol. The lowest BCUT2D eigenvalue weighted by atomic mass is 10.0. The third kappa shape index (κ3) is 12.8. The fraction of sp³-hybridized carbons (Fsp3) is 0.750. The Labute approximate surface area is 164 Å². The summed E-state index contributed by atoms with van der Waals surface area (Å²) in [7, 11) is 0. The second kappa shape index (κ2) is 10.7. The Balaban J connectivity index is 4.82. The zero-order chi connectivity index (χ0) is 18.3. The van der Waals surface area contributed by atoms with Crippen molar-refractivity contribution >= 4 is 75.6 Å². The van der Waals surface area contributed by atoms with Gasteiger partial charge in [0.1, 0.15) is 0 Å². The van der Waals surface area contributed by atoms with E-state index in [0.717, 1.165) is 0 Å². The molecule has 0 aromatic carbocycles. The average molecular weight is 453 g/mol. The van der Waals surface area contributed by atoms with Crippen LogP contribution in [0.15, 0.2) is 11.1 Å². The van der Waals surface area contributed by atoms with Crippen molar-refractivity contribution in [1.82, 2.24) is 0 Å². The third-order valence-corrected chi connectivity index (χ3v) is 3.16. The Morgan fingerprint density at radius 1 is 1.04 bits per heavy atom. The van der Waals surface area contributed by atoms with Crippen molar-refractivity contribution in [2.24, 2.45) is 0 Å². The number of carboxylic acid groups (broad SMARTS) is 1. The quantitative estimate of drug-likeness (QED) is 0.310. The molecule has 0 aromatic rings. The summed E-state index contributed by atoms with van der Waals surface area (Å²) in [5.41, 5.74) is 0.353. The summed E-state index contributed by atoms with van der Waals surface area (Å²) in [6, 6.07) is 0. The van der Waals surface area contributed by atoms with Crippen LogP contribution in [0.4, 0.5) is 0 Å². The lowest BCUT2D eigenvalue weighted by Crippen LogP contribution is -2.27. The first kappa shape index (κ1) is 23.8. The first-order valence-corrected chi connectivity index (χ1v) is 8.52. The van der Waals surface area contributed by atoms with E-state index in [1.807, 2.05) is 0 Å². The molecule has 23 heavy (non-hydrogen) atoms. The van der Waals surface area contributed by atoms with Gasteiger partial charge in [-0.1, -0.05) is 69.6 Å². The maximum Gasteiger partial charge on any atom is 0.331 e. The van der Waals surface area contributed by atoms with Gasteiger partial charge in [-0.05, 0) is 18.9 Å². The molecule has 0 radical (unpaired) electrons. The van der Waals surface area contributed by atoms with Crippen LogP contribution in [0.2, 0.25) is 0 Å². The van der Waals surface area contributed by atoms with Gasteiger partial charge in [-0.25, -0.2) is 4.79 Å². The highest BCUT2D eigenvalue weighted by Gasteiger charge is 2.27. The second-order valence-electron chi connectivity index (χ2n) is 4.54. The molecule has 0 heterocycles. The molecule has 0 aliphatic rings. The molecule has 0 spiro atoms. The molecule has 0 aliphatic carbocycles. The highest BCUT2D eigenvalue weighted by molar-refractivity contribution is 6.68. The molecule has 2 N–H and O–H groups in total. The van der Waals surface area contributed by atoms with E-state index in [2.05, 4.69) is 0 Å². The minimum absolute atomic E-state index is 0.0347. The fourth-order valence-corrected chi connectivity index (χ4v) is 1.83. The smallest absolute Gasteiger partial charge is 0.331 e. The van der Waals surface area contributed by atoms with E-state index < -0.39 is 19.8 Å². The first-order chi connectivity index (χ1) is 10.4. The standard InChI is InChI=1S/C12H16Cl6O5/c1-7(4-19)8(10(20)21)2-3-9(22-5-11(13,14)15)23-6-12(16,17)18/h9,19H,2-6H2,1H3,(H,20,21). The van der Waals surface area contributed by atoms with Crippen molar-refractivity contribution in [3.63, 3.8) is 0 Å². The predicted octanol–water partition coefficient (Wildman–Crippen LogP) is 4.26. The van der Waals surface area contributed by atoms with Crippen LogP contribution in [0, 0.1) is 0 Å². The van der Waals surface area contributed by atoms with E-state index in [4.69, 9.17) is 89.3 Å². The van der Waals surface area contributed by atoms with Crippen LogP contribution in [-0.2, 0) is 14.3 Å². The van der Waals surface area contributed by atoms with Crippen molar-refractivity contribution in [3.8, 4) is 0 Å². The summed E-state index contributed by atoms with van der Waals surface area (Å²) >= 11 is 33.5. The Bertz CT molecular complexity index is 397. The Hall–Kier alpha value is 0.830. The van der Waals surface area contributed by atoms with E-state index in [9.17, 15) is 4.79 Å². The molecular weight excluding hydrogens is 437 g/mol. The van der Waals surface area contributed by atoms with Crippen LogP contribution in [0.5, 0.6) is 0 Å². The number of rotatable bonds is 9. The van der Waals surface area contributed by atoms with Gasteiger partial charge in [0.05, 0.1) is 19.8 Å². The third-order valence-electron chi connectivity index (χ3n) is 2.51. The predicted molar refractivity (Wildman–Crippen MR) is 92.9 cm³/mol. The van der Waals surface area contributed by atoms with Gasteiger partial charge >= 0.3 is 5.97 Å². The van der Waals surface area contributed by atoms with Crippen LogP contribution in [0.1, 0.15) is 19.8 Å². The second-order valence-corrected chi connectivity index (χ2v) is 9.57. The summed E-state index contributed by atoms with van der Waals surface area (Å²) in [5, 5.41) is 18.2. The number of aliphatic hydroxyl groups is 1. The highest BCUT2D eigenvalue weighted by atomic mass is 35.6. The lowest BCUT2D eigenvalue weighted by Gasteiger charge is -2.23. The maximum atomic E-state index is 11.2. The van der Waals surface area contributed by atoms with E-state index in [1.165, 1.54) is 6.92 Å². The number of carboxylic acids is 1. The van der Waals surface area contributed by atoms with E-state index in [0.29, 0.717) is 5.57 Å². The van der Waals surface area contributed by atoms with Crippen molar-refractivity contribution in [2.75, 3.05) is 19.8 Å². The largest absolute Gasteiger partial charge is 0.478 e. The molecule has 0 amide bonds. The van der Waals surface area contributed by atoms with Crippen LogP contribution < -0.4 is 0 Å². The van der Waals surface area contributed by atoms with Crippen molar-refractivity contribution < 1.29 is 24.5 Å². The number of aliphatic carboxylic acids is 1. The lowest BCUT2D eigenvalue weighted by molar-refractivity contribution is -0.144. The summed E-state index contributed by atoms with van der Waals surface area (Å²) in [6.07, 6.45) is -0.811. The van der Waals surface area contributed by atoms with Gasteiger partial charge in [0.2, 0.25) is 7.59 Å². The summed E-state index contributed by atoms with van der Waals surface area (Å²) in [6.45, 7) is 0.527. The molecular formula is C12H16Cl6O5. The normalized spacial score (nSPS) is 14.1. The van der Waals surface area contributed by atoms with E-state index in [1.54, 1.807) is 0 Å². The molecule has 0 atom stereocenters. The molecule has 5 nitrogen and oxygen atoms in total. The molecule has 0 rings (SSSR count). The van der Waals surface area contributed by atoms with Crippen LogP contribution >= 0.6 is 69.6 Å². The zero-order valence-corrected chi connectivity index (χ0v) is 16.5. The molecule has 0 bridgehead atoms. The van der Waals surface area contributed by atoms with Crippen molar-refractivity contribution in [3.05, 3.63) is 11.1 Å². The van der Waals surface area contributed by atoms with E-state index >= 15 is 0 Å². The van der Waals surface area contributed by atoms with Crippen LogP contribution in [0.3, 0.4) is 0 Å². The van der Waals surface area contributed by atoms with Gasteiger partial charge < -0.3 is 19.7 Å². The van der Waals surface area contributed by atoms with Gasteiger partial charge in [-0.3, -0.25) is 0 Å². The summed E-state index contributed by atoms with van der Waals surface area (Å²) in [5.74, 6) is -1.15. The molecule has 0 fully saturated rings. The van der Waals surface area contributed by atoms with E-state index in [-0.39, 0.29) is 38.2 Å². The number of halogens is 6. The average Bonchev–Trinajstić information content (AvgIpc) is 2.38. The molecule has 136 valence electrons.